The number of piperidine rings is 1. The van der Waals surface area contributed by atoms with Crippen LogP contribution in [0.25, 0.3) is 0 Å². The van der Waals surface area contributed by atoms with E-state index in [1.165, 1.54) is 0 Å². The Morgan fingerprint density at radius 1 is 1.33 bits per heavy atom. The third-order valence-electron chi connectivity index (χ3n) is 3.96. The van der Waals surface area contributed by atoms with Crippen molar-refractivity contribution >= 4 is 11.8 Å². The number of amides is 2. The molecule has 0 spiro atoms. The molecule has 1 aliphatic rings. The summed E-state index contributed by atoms with van der Waals surface area (Å²) in [7, 11) is 0. The highest BCUT2D eigenvalue weighted by molar-refractivity contribution is 5.82. The van der Waals surface area contributed by atoms with Gasteiger partial charge in [-0.25, -0.2) is 0 Å². The zero-order valence-corrected chi connectivity index (χ0v) is 11.4. The molecule has 0 aromatic carbocycles. The minimum absolute atomic E-state index is 0.0434. The zero-order chi connectivity index (χ0) is 13.7. The van der Waals surface area contributed by atoms with Crippen molar-refractivity contribution in [3.05, 3.63) is 0 Å². The summed E-state index contributed by atoms with van der Waals surface area (Å²) in [5.74, 6) is 0.324. The molecule has 2 amide bonds. The van der Waals surface area contributed by atoms with Gasteiger partial charge in [-0.1, -0.05) is 20.3 Å². The predicted octanol–water partition coefficient (Wildman–Crippen LogP) is 0.474. The second-order valence-electron chi connectivity index (χ2n) is 5.35. The summed E-state index contributed by atoms with van der Waals surface area (Å²) >= 11 is 0. The van der Waals surface area contributed by atoms with E-state index in [1.807, 2.05) is 18.7 Å². The molecule has 2 unspecified atom stereocenters. The number of likely N-dealkylation sites (tertiary alicyclic amines) is 1. The SMILES string of the molecule is CCC(C)C(N)C(=O)N1CCC(CC(N)=O)CC1. The first-order chi connectivity index (χ1) is 8.45. The van der Waals surface area contributed by atoms with E-state index >= 15 is 0 Å². The molecule has 1 saturated heterocycles. The van der Waals surface area contributed by atoms with E-state index in [9.17, 15) is 9.59 Å². The molecule has 0 aromatic rings. The van der Waals surface area contributed by atoms with Gasteiger partial charge in [-0.15, -0.1) is 0 Å². The van der Waals surface area contributed by atoms with Crippen molar-refractivity contribution in [2.75, 3.05) is 13.1 Å². The van der Waals surface area contributed by atoms with Crippen LogP contribution in [-0.2, 0) is 9.59 Å². The van der Waals surface area contributed by atoms with Crippen molar-refractivity contribution in [3.63, 3.8) is 0 Å². The van der Waals surface area contributed by atoms with Gasteiger partial charge in [0.05, 0.1) is 6.04 Å². The van der Waals surface area contributed by atoms with Gasteiger partial charge in [0.2, 0.25) is 11.8 Å². The molecule has 0 saturated carbocycles. The fraction of sp³-hybridized carbons (Fsp3) is 0.846. The predicted molar refractivity (Wildman–Crippen MR) is 70.5 cm³/mol. The van der Waals surface area contributed by atoms with E-state index < -0.39 is 6.04 Å². The fourth-order valence-electron chi connectivity index (χ4n) is 2.35. The molecule has 4 N–H and O–H groups in total. The monoisotopic (exact) mass is 255 g/mol. The van der Waals surface area contributed by atoms with Gasteiger partial charge in [-0.2, -0.15) is 0 Å². The van der Waals surface area contributed by atoms with E-state index in [0.29, 0.717) is 25.4 Å². The molecule has 0 radical (unpaired) electrons. The Morgan fingerprint density at radius 2 is 1.89 bits per heavy atom. The molecule has 2 atom stereocenters. The van der Waals surface area contributed by atoms with Crippen LogP contribution >= 0.6 is 0 Å². The molecule has 104 valence electrons. The summed E-state index contributed by atoms with van der Waals surface area (Å²) in [5, 5.41) is 0. The molecule has 18 heavy (non-hydrogen) atoms. The Hall–Kier alpha value is -1.10. The lowest BCUT2D eigenvalue weighted by molar-refractivity contribution is -0.135. The van der Waals surface area contributed by atoms with E-state index in [2.05, 4.69) is 0 Å². The van der Waals surface area contributed by atoms with Crippen LogP contribution < -0.4 is 11.5 Å². The highest BCUT2D eigenvalue weighted by Gasteiger charge is 2.28. The lowest BCUT2D eigenvalue weighted by Gasteiger charge is -2.34. The zero-order valence-electron chi connectivity index (χ0n) is 11.4. The van der Waals surface area contributed by atoms with Crippen molar-refractivity contribution < 1.29 is 9.59 Å². The number of hydrogen-bond acceptors (Lipinski definition) is 3. The molecular formula is C13H25N3O2. The van der Waals surface area contributed by atoms with Crippen LogP contribution in [0.2, 0.25) is 0 Å². The average molecular weight is 255 g/mol. The molecule has 1 heterocycles. The topological polar surface area (TPSA) is 89.4 Å². The lowest BCUT2D eigenvalue weighted by Crippen LogP contribution is -2.49. The van der Waals surface area contributed by atoms with Crippen molar-refractivity contribution in [2.24, 2.45) is 23.3 Å². The normalized spacial score (nSPS) is 20.5. The van der Waals surface area contributed by atoms with Crippen LogP contribution in [0.5, 0.6) is 0 Å². The minimum Gasteiger partial charge on any atom is -0.370 e. The summed E-state index contributed by atoms with van der Waals surface area (Å²) in [6, 6.07) is -0.400. The maximum atomic E-state index is 12.1. The van der Waals surface area contributed by atoms with Crippen molar-refractivity contribution in [1.82, 2.24) is 4.90 Å². The Balaban J connectivity index is 2.42. The standard InChI is InChI=1S/C13H25N3O2/c1-3-9(2)12(15)13(18)16-6-4-10(5-7-16)8-11(14)17/h9-10,12H,3-8,15H2,1-2H3,(H2,14,17). The van der Waals surface area contributed by atoms with Gasteiger partial charge < -0.3 is 16.4 Å². The van der Waals surface area contributed by atoms with Crippen LogP contribution in [0.3, 0.4) is 0 Å². The van der Waals surface area contributed by atoms with E-state index in [0.717, 1.165) is 19.3 Å². The Labute approximate surface area is 109 Å². The van der Waals surface area contributed by atoms with E-state index in [4.69, 9.17) is 11.5 Å². The van der Waals surface area contributed by atoms with Crippen molar-refractivity contribution in [1.29, 1.82) is 0 Å². The summed E-state index contributed by atoms with van der Waals surface area (Å²) in [6.45, 7) is 5.43. The van der Waals surface area contributed by atoms with Gasteiger partial charge >= 0.3 is 0 Å². The van der Waals surface area contributed by atoms with Gasteiger partial charge in [-0.05, 0) is 24.7 Å². The highest BCUT2D eigenvalue weighted by Crippen LogP contribution is 2.21. The highest BCUT2D eigenvalue weighted by atomic mass is 16.2. The second-order valence-corrected chi connectivity index (χ2v) is 5.35. The number of hydrogen-bond donors (Lipinski definition) is 2. The Kier molecular flexibility index (Phi) is 5.59. The second kappa shape index (κ2) is 6.73. The van der Waals surface area contributed by atoms with Crippen LogP contribution in [0.1, 0.15) is 39.5 Å². The van der Waals surface area contributed by atoms with Crippen LogP contribution in [0, 0.1) is 11.8 Å². The lowest BCUT2D eigenvalue weighted by atomic mass is 9.92. The van der Waals surface area contributed by atoms with Gasteiger partial charge in [-0.3, -0.25) is 9.59 Å². The maximum Gasteiger partial charge on any atom is 0.239 e. The molecule has 1 rings (SSSR count). The first-order valence-electron chi connectivity index (χ1n) is 6.78. The summed E-state index contributed by atoms with van der Waals surface area (Å²) in [6.07, 6.45) is 3.04. The first-order valence-corrected chi connectivity index (χ1v) is 6.78. The summed E-state index contributed by atoms with van der Waals surface area (Å²) < 4.78 is 0. The average Bonchev–Trinajstić information content (AvgIpc) is 2.36. The number of primary amides is 1. The number of nitrogens with two attached hydrogens (primary N) is 2. The number of carbonyl (C=O) groups is 2. The van der Waals surface area contributed by atoms with Gasteiger partial charge in [0.15, 0.2) is 0 Å². The third kappa shape index (κ3) is 3.98. The third-order valence-corrected chi connectivity index (χ3v) is 3.96. The largest absolute Gasteiger partial charge is 0.370 e. The van der Waals surface area contributed by atoms with Crippen LogP contribution in [0.15, 0.2) is 0 Å². The van der Waals surface area contributed by atoms with Gasteiger partial charge in [0, 0.05) is 19.5 Å². The first kappa shape index (κ1) is 15.0. The molecule has 0 bridgehead atoms. The molecule has 0 aliphatic carbocycles. The smallest absolute Gasteiger partial charge is 0.239 e. The molecule has 0 aromatic heterocycles. The summed E-state index contributed by atoms with van der Waals surface area (Å²) in [4.78, 5) is 24.8. The molecule has 5 heteroatoms. The molecule has 1 aliphatic heterocycles. The van der Waals surface area contributed by atoms with Gasteiger partial charge in [0.25, 0.3) is 0 Å². The number of rotatable bonds is 5. The van der Waals surface area contributed by atoms with Crippen LogP contribution in [0.4, 0.5) is 0 Å². The van der Waals surface area contributed by atoms with Crippen molar-refractivity contribution in [3.8, 4) is 0 Å². The van der Waals surface area contributed by atoms with Crippen LogP contribution in [-0.4, -0.2) is 35.8 Å². The molecule has 1 fully saturated rings. The molecule has 5 nitrogen and oxygen atoms in total. The molecular weight excluding hydrogens is 230 g/mol. The number of carbonyl (C=O) groups excluding carboxylic acids is 2. The van der Waals surface area contributed by atoms with E-state index in [-0.39, 0.29) is 17.7 Å². The Bertz CT molecular complexity index is 299. The van der Waals surface area contributed by atoms with Crippen molar-refractivity contribution in [2.45, 2.75) is 45.6 Å². The number of nitrogens with zero attached hydrogens (tertiary/aromatic N) is 1. The quantitative estimate of drug-likeness (QED) is 0.748. The summed E-state index contributed by atoms with van der Waals surface area (Å²) in [5.41, 5.74) is 11.1. The Morgan fingerprint density at radius 3 is 2.33 bits per heavy atom. The van der Waals surface area contributed by atoms with E-state index in [1.54, 1.807) is 0 Å². The maximum absolute atomic E-state index is 12.1. The fourth-order valence-corrected chi connectivity index (χ4v) is 2.35. The van der Waals surface area contributed by atoms with Gasteiger partial charge in [0.1, 0.15) is 0 Å². The minimum atomic E-state index is -0.400.